The largest absolute Gasteiger partial charge is 0.481 e. The van der Waals surface area contributed by atoms with Gasteiger partial charge in [-0.05, 0) is 29.2 Å². The third kappa shape index (κ3) is 6.06. The van der Waals surface area contributed by atoms with Crippen LogP contribution in [0.5, 0.6) is 0 Å². The molecule has 0 aromatic heterocycles. The molecule has 1 unspecified atom stereocenters. The Morgan fingerprint density at radius 2 is 1.67 bits per heavy atom. The molecule has 33 heavy (non-hydrogen) atoms. The Morgan fingerprint density at radius 3 is 2.24 bits per heavy atom. The summed E-state index contributed by atoms with van der Waals surface area (Å²) in [7, 11) is 1.44. The average molecular weight is 473 g/mol. The number of carboxylic acids is 1. The molecular formula is C24H28N2O6S. The topological polar surface area (TPSA) is 114 Å². The van der Waals surface area contributed by atoms with Gasteiger partial charge in [-0.15, -0.1) is 11.8 Å². The van der Waals surface area contributed by atoms with Gasteiger partial charge in [-0.1, -0.05) is 48.5 Å². The minimum absolute atomic E-state index is 0.0385. The van der Waals surface area contributed by atoms with E-state index in [1.807, 2.05) is 36.4 Å². The third-order valence-corrected chi connectivity index (χ3v) is 6.36. The molecule has 0 bridgehead atoms. The molecule has 1 atom stereocenters. The van der Waals surface area contributed by atoms with Gasteiger partial charge >= 0.3 is 12.1 Å². The summed E-state index contributed by atoms with van der Waals surface area (Å²) in [6.45, 7) is 1.90. The average Bonchev–Trinajstić information content (AvgIpc) is 3.11. The van der Waals surface area contributed by atoms with E-state index in [2.05, 4.69) is 22.8 Å². The second-order valence-corrected chi connectivity index (χ2v) is 9.02. The van der Waals surface area contributed by atoms with Crippen LogP contribution in [-0.4, -0.2) is 67.0 Å². The Labute approximate surface area is 197 Å². The smallest absolute Gasteiger partial charge is 0.408 e. The van der Waals surface area contributed by atoms with Gasteiger partial charge in [-0.2, -0.15) is 0 Å². The molecule has 0 saturated heterocycles. The number of alkyl carbamates (subject to hydrolysis) is 1. The first kappa shape index (κ1) is 24.6. The number of thioether (sulfide) groups is 1. The van der Waals surface area contributed by atoms with E-state index in [9.17, 15) is 14.4 Å². The van der Waals surface area contributed by atoms with Crippen LogP contribution >= 0.6 is 11.8 Å². The van der Waals surface area contributed by atoms with Gasteiger partial charge in [0.15, 0.2) is 0 Å². The van der Waals surface area contributed by atoms with Crippen LogP contribution in [0.4, 0.5) is 4.79 Å². The number of nitrogens with one attached hydrogen (secondary N) is 2. The van der Waals surface area contributed by atoms with Crippen LogP contribution in [0.1, 0.15) is 24.0 Å². The molecule has 176 valence electrons. The van der Waals surface area contributed by atoms with Crippen LogP contribution in [0, 0.1) is 0 Å². The molecule has 9 heteroatoms. The number of rotatable bonds is 11. The maximum atomic E-state index is 12.7. The molecule has 1 aliphatic carbocycles. The highest BCUT2D eigenvalue weighted by Gasteiger charge is 2.36. The van der Waals surface area contributed by atoms with Crippen molar-refractivity contribution in [2.45, 2.75) is 18.4 Å². The second kappa shape index (κ2) is 11.2. The number of hydrogen-bond donors (Lipinski definition) is 3. The number of carbonyl (C=O) groups is 3. The normalized spacial score (nSPS) is 14.0. The molecule has 0 spiro atoms. The molecule has 2 aromatic carbocycles. The number of benzene rings is 2. The van der Waals surface area contributed by atoms with Crippen molar-refractivity contribution in [2.24, 2.45) is 0 Å². The van der Waals surface area contributed by atoms with Gasteiger partial charge in [0.25, 0.3) is 0 Å². The van der Waals surface area contributed by atoms with E-state index in [4.69, 9.17) is 14.6 Å². The van der Waals surface area contributed by atoms with Crippen molar-refractivity contribution < 1.29 is 29.0 Å². The molecule has 1 aliphatic rings. The lowest BCUT2D eigenvalue weighted by Gasteiger charge is -2.28. The summed E-state index contributed by atoms with van der Waals surface area (Å²) >= 11 is 1.19. The van der Waals surface area contributed by atoms with Gasteiger partial charge in [0.2, 0.25) is 5.91 Å². The van der Waals surface area contributed by atoms with Crippen LogP contribution in [0.25, 0.3) is 11.1 Å². The highest BCUT2D eigenvalue weighted by atomic mass is 32.2. The van der Waals surface area contributed by atoms with Gasteiger partial charge in [0.1, 0.15) is 12.1 Å². The summed E-state index contributed by atoms with van der Waals surface area (Å²) in [5, 5.41) is 14.0. The van der Waals surface area contributed by atoms with Crippen molar-refractivity contribution >= 4 is 29.7 Å². The van der Waals surface area contributed by atoms with Crippen molar-refractivity contribution in [2.75, 3.05) is 38.4 Å². The SMILES string of the molecule is COCC(C)(NC(=O)OCC1c2ccccc2-c2ccccc21)C(=O)NCCSCC(=O)O. The maximum absolute atomic E-state index is 12.7. The standard InChI is InChI=1S/C24H28N2O6S/c1-24(15-31-2,22(29)25-11-12-33-14-21(27)28)26-23(30)32-13-20-18-9-5-3-7-16(18)17-8-4-6-10-19(17)20/h3-10,20H,11-15H2,1-2H3,(H,25,29)(H,26,30)(H,27,28). The van der Waals surface area contributed by atoms with E-state index < -0.39 is 23.5 Å². The zero-order chi connectivity index (χ0) is 23.8. The van der Waals surface area contributed by atoms with Crippen molar-refractivity contribution in [3.05, 3.63) is 59.7 Å². The van der Waals surface area contributed by atoms with Gasteiger partial charge in [0.05, 0.1) is 12.4 Å². The highest BCUT2D eigenvalue weighted by Crippen LogP contribution is 2.44. The number of methoxy groups -OCH3 is 1. The molecule has 0 fully saturated rings. The highest BCUT2D eigenvalue weighted by molar-refractivity contribution is 7.99. The summed E-state index contributed by atoms with van der Waals surface area (Å²) in [6, 6.07) is 16.1. The molecular weight excluding hydrogens is 444 g/mol. The van der Waals surface area contributed by atoms with E-state index >= 15 is 0 Å². The molecule has 3 rings (SSSR count). The predicted octanol–water partition coefficient (Wildman–Crippen LogP) is 2.86. The molecule has 8 nitrogen and oxygen atoms in total. The van der Waals surface area contributed by atoms with Gasteiger partial charge in [0, 0.05) is 25.3 Å². The molecule has 2 amide bonds. The zero-order valence-corrected chi connectivity index (χ0v) is 19.4. The monoisotopic (exact) mass is 472 g/mol. The van der Waals surface area contributed by atoms with Crippen LogP contribution in [-0.2, 0) is 19.1 Å². The zero-order valence-electron chi connectivity index (χ0n) is 18.6. The Kier molecular flexibility index (Phi) is 8.35. The van der Waals surface area contributed by atoms with Gasteiger partial charge < -0.3 is 25.2 Å². The maximum Gasteiger partial charge on any atom is 0.408 e. The number of fused-ring (bicyclic) bond motifs is 3. The fourth-order valence-electron chi connectivity index (χ4n) is 3.90. The quantitative estimate of drug-likeness (QED) is 0.431. The van der Waals surface area contributed by atoms with Crippen LogP contribution < -0.4 is 10.6 Å². The third-order valence-electron chi connectivity index (χ3n) is 5.41. The van der Waals surface area contributed by atoms with E-state index in [0.717, 1.165) is 22.3 Å². The number of hydrogen-bond acceptors (Lipinski definition) is 6. The minimum atomic E-state index is -1.34. The number of carbonyl (C=O) groups excluding carboxylic acids is 2. The Hall–Kier alpha value is -3.04. The fourth-order valence-corrected chi connectivity index (χ4v) is 4.46. The number of amides is 2. The summed E-state index contributed by atoms with van der Waals surface area (Å²) in [6.07, 6.45) is -0.716. The Bertz CT molecular complexity index is 968. The lowest BCUT2D eigenvalue weighted by Crippen LogP contribution is -2.60. The summed E-state index contributed by atoms with van der Waals surface area (Å²) in [5.41, 5.74) is 3.12. The molecule has 2 aromatic rings. The van der Waals surface area contributed by atoms with Crippen LogP contribution in [0.15, 0.2) is 48.5 Å². The summed E-state index contributed by atoms with van der Waals surface area (Å²) in [4.78, 5) is 35.9. The molecule has 0 radical (unpaired) electrons. The van der Waals surface area contributed by atoms with Gasteiger partial charge in [-0.3, -0.25) is 9.59 Å². The van der Waals surface area contributed by atoms with Crippen molar-refractivity contribution in [1.29, 1.82) is 0 Å². The lowest BCUT2D eigenvalue weighted by molar-refractivity contribution is -0.134. The van der Waals surface area contributed by atoms with Gasteiger partial charge in [-0.25, -0.2) is 4.79 Å². The predicted molar refractivity (Wildman–Crippen MR) is 126 cm³/mol. The Morgan fingerprint density at radius 1 is 1.06 bits per heavy atom. The van der Waals surface area contributed by atoms with E-state index in [-0.39, 0.29) is 31.4 Å². The number of ether oxygens (including phenoxy) is 2. The number of aliphatic carboxylic acids is 1. The van der Waals surface area contributed by atoms with Crippen molar-refractivity contribution in [3.8, 4) is 11.1 Å². The van der Waals surface area contributed by atoms with E-state index in [1.165, 1.54) is 18.9 Å². The summed E-state index contributed by atoms with van der Waals surface area (Å²) < 4.78 is 10.7. The molecule has 0 aliphatic heterocycles. The fraction of sp³-hybridized carbons (Fsp3) is 0.375. The Balaban J connectivity index is 1.59. The van der Waals surface area contributed by atoms with Crippen molar-refractivity contribution in [3.63, 3.8) is 0 Å². The van der Waals surface area contributed by atoms with Crippen LogP contribution in [0.3, 0.4) is 0 Å². The summed E-state index contributed by atoms with van der Waals surface area (Å²) in [5.74, 6) is -1.03. The molecule has 3 N–H and O–H groups in total. The first-order valence-corrected chi connectivity index (χ1v) is 11.7. The lowest BCUT2D eigenvalue weighted by atomic mass is 9.98. The van der Waals surface area contributed by atoms with E-state index in [0.29, 0.717) is 5.75 Å². The molecule has 0 saturated carbocycles. The van der Waals surface area contributed by atoms with Crippen LogP contribution in [0.2, 0.25) is 0 Å². The molecule has 0 heterocycles. The minimum Gasteiger partial charge on any atom is -0.481 e. The first-order chi connectivity index (χ1) is 15.9. The van der Waals surface area contributed by atoms with Crippen molar-refractivity contribution in [1.82, 2.24) is 10.6 Å². The van der Waals surface area contributed by atoms with E-state index in [1.54, 1.807) is 6.92 Å². The first-order valence-electron chi connectivity index (χ1n) is 10.6. The number of carboxylic acid groups (broad SMARTS) is 1. The second-order valence-electron chi connectivity index (χ2n) is 7.92.